The molecular weight excluding hydrogens is 320 g/mol. The van der Waals surface area contributed by atoms with Crippen LogP contribution in [0.4, 0.5) is 5.69 Å². The van der Waals surface area contributed by atoms with Crippen LogP contribution in [0.2, 0.25) is 0 Å². The number of nitrogens with one attached hydrogen (secondary N) is 2. The summed E-state index contributed by atoms with van der Waals surface area (Å²) in [6, 6.07) is 18.6. The van der Waals surface area contributed by atoms with E-state index < -0.39 is 0 Å². The van der Waals surface area contributed by atoms with E-state index in [1.807, 2.05) is 41.8 Å². The maximum absolute atomic E-state index is 12.6. The Balaban J connectivity index is 1.84. The van der Waals surface area contributed by atoms with Gasteiger partial charge in [-0.05, 0) is 35.2 Å². The van der Waals surface area contributed by atoms with Crippen LogP contribution in [0, 0.1) is 0 Å². The summed E-state index contributed by atoms with van der Waals surface area (Å²) in [7, 11) is 1.57. The van der Waals surface area contributed by atoms with Crippen LogP contribution in [0.15, 0.2) is 66.0 Å². The number of benzene rings is 2. The average molecular weight is 336 g/mol. The van der Waals surface area contributed by atoms with Crippen molar-refractivity contribution in [3.8, 4) is 11.1 Å². The molecule has 1 heterocycles. The van der Waals surface area contributed by atoms with E-state index in [0.717, 1.165) is 11.1 Å². The highest BCUT2D eigenvalue weighted by atomic mass is 32.1. The molecule has 0 aliphatic heterocycles. The molecule has 0 fully saturated rings. The maximum Gasteiger partial charge on any atom is 0.266 e. The molecule has 2 aromatic carbocycles. The first-order valence-electron chi connectivity index (χ1n) is 7.45. The molecule has 3 aromatic rings. The van der Waals surface area contributed by atoms with Crippen molar-refractivity contribution in [2.45, 2.75) is 0 Å². The van der Waals surface area contributed by atoms with Crippen molar-refractivity contribution >= 4 is 28.8 Å². The molecule has 24 heavy (non-hydrogen) atoms. The van der Waals surface area contributed by atoms with Gasteiger partial charge >= 0.3 is 0 Å². The quantitative estimate of drug-likeness (QED) is 0.756. The van der Waals surface area contributed by atoms with Gasteiger partial charge in [0.1, 0.15) is 0 Å². The summed E-state index contributed by atoms with van der Waals surface area (Å²) in [5.74, 6) is -0.370. The predicted octanol–water partition coefficient (Wildman–Crippen LogP) is 4.03. The normalized spacial score (nSPS) is 10.2. The van der Waals surface area contributed by atoms with E-state index in [9.17, 15) is 9.59 Å². The Kier molecular flexibility index (Phi) is 4.72. The highest BCUT2D eigenvalue weighted by molar-refractivity contribution is 7.12. The summed E-state index contributed by atoms with van der Waals surface area (Å²) >= 11 is 1.40. The first kappa shape index (κ1) is 16.0. The molecular formula is C19H16N2O2S. The second-order valence-corrected chi connectivity index (χ2v) is 6.06. The molecule has 120 valence electrons. The van der Waals surface area contributed by atoms with Crippen LogP contribution >= 0.6 is 11.3 Å². The molecule has 0 aliphatic carbocycles. The maximum atomic E-state index is 12.6. The number of anilines is 1. The predicted molar refractivity (Wildman–Crippen MR) is 97.5 cm³/mol. The molecule has 2 N–H and O–H groups in total. The Morgan fingerprint density at radius 3 is 2.46 bits per heavy atom. The monoisotopic (exact) mass is 336 g/mol. The van der Waals surface area contributed by atoms with E-state index in [0.29, 0.717) is 16.1 Å². The van der Waals surface area contributed by atoms with Gasteiger partial charge in [-0.2, -0.15) is 0 Å². The van der Waals surface area contributed by atoms with Crippen molar-refractivity contribution in [2.75, 3.05) is 12.4 Å². The van der Waals surface area contributed by atoms with Gasteiger partial charge in [0.25, 0.3) is 11.8 Å². The van der Waals surface area contributed by atoms with Gasteiger partial charge in [-0.1, -0.05) is 36.4 Å². The largest absolute Gasteiger partial charge is 0.355 e. The summed E-state index contributed by atoms with van der Waals surface area (Å²) in [4.78, 5) is 25.0. The summed E-state index contributed by atoms with van der Waals surface area (Å²) < 4.78 is 0. The van der Waals surface area contributed by atoms with E-state index in [2.05, 4.69) is 10.6 Å². The SMILES string of the molecule is CNC(=O)c1cccc(NC(=O)c2sccc2-c2ccccc2)c1. The minimum Gasteiger partial charge on any atom is -0.355 e. The lowest BCUT2D eigenvalue weighted by molar-refractivity contribution is 0.0961. The molecule has 0 aliphatic rings. The van der Waals surface area contributed by atoms with Crippen LogP contribution in [0.25, 0.3) is 11.1 Å². The molecule has 0 atom stereocenters. The van der Waals surface area contributed by atoms with E-state index in [-0.39, 0.29) is 11.8 Å². The molecule has 0 saturated heterocycles. The third-order valence-electron chi connectivity index (χ3n) is 3.57. The molecule has 4 nitrogen and oxygen atoms in total. The van der Waals surface area contributed by atoms with E-state index in [1.165, 1.54) is 11.3 Å². The zero-order valence-corrected chi connectivity index (χ0v) is 13.9. The Hall–Kier alpha value is -2.92. The topological polar surface area (TPSA) is 58.2 Å². The van der Waals surface area contributed by atoms with Crippen molar-refractivity contribution in [2.24, 2.45) is 0 Å². The van der Waals surface area contributed by atoms with Gasteiger partial charge in [0, 0.05) is 23.9 Å². The molecule has 3 rings (SSSR count). The highest BCUT2D eigenvalue weighted by Crippen LogP contribution is 2.29. The van der Waals surface area contributed by atoms with Crippen molar-refractivity contribution in [1.82, 2.24) is 5.32 Å². The summed E-state index contributed by atoms with van der Waals surface area (Å²) in [5.41, 5.74) is 3.00. The van der Waals surface area contributed by atoms with Crippen molar-refractivity contribution in [3.05, 3.63) is 76.5 Å². The fourth-order valence-electron chi connectivity index (χ4n) is 2.40. The van der Waals surface area contributed by atoms with E-state index in [1.54, 1.807) is 31.3 Å². The fraction of sp³-hybridized carbons (Fsp3) is 0.0526. The van der Waals surface area contributed by atoms with Crippen LogP contribution in [0.1, 0.15) is 20.0 Å². The van der Waals surface area contributed by atoms with Crippen LogP contribution in [0.5, 0.6) is 0 Å². The van der Waals surface area contributed by atoms with E-state index >= 15 is 0 Å². The standard InChI is InChI=1S/C19H16N2O2S/c1-20-18(22)14-8-5-9-15(12-14)21-19(23)17-16(10-11-24-17)13-6-3-2-4-7-13/h2-12H,1H3,(H,20,22)(H,21,23). The molecule has 0 bridgehead atoms. The van der Waals surface area contributed by atoms with Gasteiger partial charge in [-0.25, -0.2) is 0 Å². The number of rotatable bonds is 4. The second kappa shape index (κ2) is 7.10. The number of thiophene rings is 1. The zero-order chi connectivity index (χ0) is 16.9. The molecule has 0 radical (unpaired) electrons. The van der Waals surface area contributed by atoms with Gasteiger partial charge in [0.15, 0.2) is 0 Å². The van der Waals surface area contributed by atoms with Crippen LogP contribution in [0.3, 0.4) is 0 Å². The molecule has 0 spiro atoms. The Morgan fingerprint density at radius 1 is 0.917 bits per heavy atom. The lowest BCUT2D eigenvalue weighted by atomic mass is 10.1. The second-order valence-electron chi connectivity index (χ2n) is 5.14. The molecule has 0 unspecified atom stereocenters. The van der Waals surface area contributed by atoms with Gasteiger partial charge in [0.2, 0.25) is 0 Å². The molecule has 1 aromatic heterocycles. The third kappa shape index (κ3) is 3.36. The minimum atomic E-state index is -0.188. The Bertz CT molecular complexity index is 872. The lowest BCUT2D eigenvalue weighted by Gasteiger charge is -2.08. The smallest absolute Gasteiger partial charge is 0.266 e. The first-order chi connectivity index (χ1) is 11.7. The number of hydrogen-bond donors (Lipinski definition) is 2. The number of hydrogen-bond acceptors (Lipinski definition) is 3. The summed E-state index contributed by atoms with van der Waals surface area (Å²) in [6.07, 6.45) is 0. The average Bonchev–Trinajstić information content (AvgIpc) is 3.12. The van der Waals surface area contributed by atoms with Gasteiger partial charge in [0.05, 0.1) is 4.88 Å². The zero-order valence-electron chi connectivity index (χ0n) is 13.1. The Morgan fingerprint density at radius 2 is 1.71 bits per heavy atom. The summed E-state index contributed by atoms with van der Waals surface area (Å²) in [6.45, 7) is 0. The van der Waals surface area contributed by atoms with Crippen LogP contribution in [-0.4, -0.2) is 18.9 Å². The lowest BCUT2D eigenvalue weighted by Crippen LogP contribution is -2.18. The van der Waals surface area contributed by atoms with E-state index in [4.69, 9.17) is 0 Å². The van der Waals surface area contributed by atoms with Crippen LogP contribution in [-0.2, 0) is 0 Å². The number of carbonyl (C=O) groups excluding carboxylic acids is 2. The van der Waals surface area contributed by atoms with Gasteiger partial charge < -0.3 is 10.6 Å². The van der Waals surface area contributed by atoms with Crippen LogP contribution < -0.4 is 10.6 Å². The van der Waals surface area contributed by atoms with Crippen molar-refractivity contribution < 1.29 is 9.59 Å². The molecule has 2 amide bonds. The van der Waals surface area contributed by atoms with Gasteiger partial charge in [-0.15, -0.1) is 11.3 Å². The van der Waals surface area contributed by atoms with Gasteiger partial charge in [-0.3, -0.25) is 9.59 Å². The third-order valence-corrected chi connectivity index (χ3v) is 4.48. The first-order valence-corrected chi connectivity index (χ1v) is 8.33. The van der Waals surface area contributed by atoms with Crippen molar-refractivity contribution in [3.63, 3.8) is 0 Å². The fourth-order valence-corrected chi connectivity index (χ4v) is 3.21. The minimum absolute atomic E-state index is 0.182. The highest BCUT2D eigenvalue weighted by Gasteiger charge is 2.15. The Labute approximate surface area is 144 Å². The van der Waals surface area contributed by atoms with Crippen molar-refractivity contribution in [1.29, 1.82) is 0 Å². The number of amides is 2. The number of carbonyl (C=O) groups is 2. The summed E-state index contributed by atoms with van der Waals surface area (Å²) in [5, 5.41) is 7.34. The molecule has 0 saturated carbocycles. The molecule has 5 heteroatoms.